The number of ether oxygens (including phenoxy) is 3. The molecule has 2 rings (SSSR count). The van der Waals surface area contributed by atoms with E-state index in [0.29, 0.717) is 24.5 Å². The molecular weight excluding hydrogens is 462 g/mol. The summed E-state index contributed by atoms with van der Waals surface area (Å²) in [5, 5.41) is 12.5. The average molecular weight is 500 g/mol. The summed E-state index contributed by atoms with van der Waals surface area (Å²) in [6.07, 6.45) is 4.17. The van der Waals surface area contributed by atoms with Gasteiger partial charge in [0, 0.05) is 18.2 Å². The quantitative estimate of drug-likeness (QED) is 0.162. The van der Waals surface area contributed by atoms with Gasteiger partial charge in [0.25, 0.3) is 5.91 Å². The number of amides is 1. The second-order valence-electron chi connectivity index (χ2n) is 8.85. The van der Waals surface area contributed by atoms with Crippen LogP contribution in [-0.2, 0) is 4.79 Å². The van der Waals surface area contributed by atoms with Crippen LogP contribution < -0.4 is 20.1 Å². The molecule has 0 bridgehead atoms. The summed E-state index contributed by atoms with van der Waals surface area (Å²) in [5.74, 6) is 5.31. The van der Waals surface area contributed by atoms with Crippen molar-refractivity contribution >= 4 is 18.1 Å². The number of nitrogens with zero attached hydrogens (tertiary/aromatic N) is 2. The number of aliphatic carboxylic acids is 1. The predicted octanol–water partition coefficient (Wildman–Crippen LogP) is 4.33. The lowest BCUT2D eigenvalue weighted by molar-refractivity contribution is -0.139. The van der Waals surface area contributed by atoms with Crippen molar-refractivity contribution in [3.8, 4) is 17.2 Å². The van der Waals surface area contributed by atoms with Crippen molar-refractivity contribution < 1.29 is 28.9 Å². The zero-order valence-electron chi connectivity index (χ0n) is 21.5. The molecule has 0 aliphatic carbocycles. The van der Waals surface area contributed by atoms with Crippen LogP contribution in [0.3, 0.4) is 0 Å². The Morgan fingerprint density at radius 3 is 2.06 bits per heavy atom. The van der Waals surface area contributed by atoms with Gasteiger partial charge in [-0.05, 0) is 88.9 Å². The van der Waals surface area contributed by atoms with Gasteiger partial charge in [-0.1, -0.05) is 0 Å². The maximum Gasteiger partial charge on any atom is 0.341 e. The van der Waals surface area contributed by atoms with Crippen molar-refractivity contribution in [3.05, 3.63) is 53.6 Å². The number of hydrazone groups is 1. The summed E-state index contributed by atoms with van der Waals surface area (Å²) >= 11 is 0. The molecular formula is C27H37N3O6. The van der Waals surface area contributed by atoms with E-state index in [4.69, 9.17) is 25.2 Å². The molecule has 3 N–H and O–H groups in total. The number of carboxylic acid groups (broad SMARTS) is 1. The molecule has 1 amide bonds. The first-order valence-corrected chi connectivity index (χ1v) is 12.1. The van der Waals surface area contributed by atoms with Gasteiger partial charge in [0.2, 0.25) is 0 Å². The van der Waals surface area contributed by atoms with Crippen LogP contribution in [0.15, 0.2) is 47.6 Å². The summed E-state index contributed by atoms with van der Waals surface area (Å²) < 4.78 is 17.0. The average Bonchev–Trinajstić information content (AvgIpc) is 2.83. The highest BCUT2D eigenvalue weighted by Crippen LogP contribution is 2.28. The first-order valence-electron chi connectivity index (χ1n) is 12.1. The van der Waals surface area contributed by atoms with Crippen molar-refractivity contribution in [3.63, 3.8) is 0 Å². The van der Waals surface area contributed by atoms with Crippen molar-refractivity contribution in [2.45, 2.75) is 59.0 Å². The molecule has 0 unspecified atom stereocenters. The van der Waals surface area contributed by atoms with E-state index in [9.17, 15) is 9.59 Å². The third-order valence-corrected chi connectivity index (χ3v) is 5.31. The Balaban J connectivity index is 1.87. The Hall–Kier alpha value is -3.75. The van der Waals surface area contributed by atoms with Crippen LogP contribution in [0.4, 0.5) is 0 Å². The highest BCUT2D eigenvalue weighted by atomic mass is 16.5. The molecule has 2 aromatic carbocycles. The van der Waals surface area contributed by atoms with Crippen LogP contribution >= 0.6 is 0 Å². The van der Waals surface area contributed by atoms with Gasteiger partial charge in [0.15, 0.2) is 6.61 Å². The summed E-state index contributed by atoms with van der Waals surface area (Å²) in [5.41, 5.74) is 1.22. The minimum absolute atomic E-state index is 0.0188. The molecule has 0 spiro atoms. The Bertz CT molecular complexity index is 997. The van der Waals surface area contributed by atoms with E-state index in [0.717, 1.165) is 30.6 Å². The van der Waals surface area contributed by atoms with E-state index in [1.54, 1.807) is 29.3 Å². The Morgan fingerprint density at radius 2 is 1.50 bits per heavy atom. The number of unbranched alkanes of at least 4 members (excludes halogenated alkanes) is 2. The molecule has 196 valence electrons. The normalized spacial score (nSPS) is 11.2. The molecule has 0 aliphatic heterocycles. The van der Waals surface area contributed by atoms with Crippen molar-refractivity contribution in [1.82, 2.24) is 4.90 Å². The molecule has 0 saturated carbocycles. The fourth-order valence-corrected chi connectivity index (χ4v) is 3.73. The minimum Gasteiger partial charge on any atom is -0.494 e. The first-order chi connectivity index (χ1) is 17.2. The Morgan fingerprint density at radius 1 is 0.917 bits per heavy atom. The van der Waals surface area contributed by atoms with Crippen molar-refractivity contribution in [2.24, 2.45) is 10.9 Å². The van der Waals surface area contributed by atoms with Crippen LogP contribution in [0.1, 0.15) is 62.9 Å². The molecule has 0 radical (unpaired) electrons. The van der Waals surface area contributed by atoms with E-state index in [1.807, 2.05) is 52.0 Å². The van der Waals surface area contributed by atoms with Gasteiger partial charge in [0.05, 0.1) is 25.0 Å². The topological polar surface area (TPSA) is 124 Å². The minimum atomic E-state index is -1.12. The van der Waals surface area contributed by atoms with Gasteiger partial charge < -0.3 is 30.1 Å². The molecule has 2 aromatic rings. The molecule has 0 fully saturated rings. The lowest BCUT2D eigenvalue weighted by atomic mass is 10.1. The van der Waals surface area contributed by atoms with Gasteiger partial charge in [-0.3, -0.25) is 4.79 Å². The van der Waals surface area contributed by atoms with E-state index < -0.39 is 12.6 Å². The predicted molar refractivity (Wildman–Crippen MR) is 139 cm³/mol. The second-order valence-corrected chi connectivity index (χ2v) is 8.85. The fraction of sp³-hybridized carbons (Fsp3) is 0.444. The number of hydrogen-bond donors (Lipinski definition) is 2. The molecule has 9 nitrogen and oxygen atoms in total. The number of carboxylic acids is 1. The molecule has 0 aliphatic rings. The zero-order chi connectivity index (χ0) is 26.5. The lowest BCUT2D eigenvalue weighted by Crippen LogP contribution is -2.42. The van der Waals surface area contributed by atoms with E-state index in [1.165, 1.54) is 0 Å². The smallest absolute Gasteiger partial charge is 0.341 e. The lowest BCUT2D eigenvalue weighted by Gasteiger charge is -2.31. The monoisotopic (exact) mass is 499 g/mol. The van der Waals surface area contributed by atoms with Crippen LogP contribution in [-0.4, -0.2) is 60.0 Å². The Labute approximate surface area is 212 Å². The van der Waals surface area contributed by atoms with Gasteiger partial charge in [-0.2, -0.15) is 5.10 Å². The van der Waals surface area contributed by atoms with Crippen LogP contribution in [0, 0.1) is 0 Å². The number of benzene rings is 2. The standard InChI is InChI=1S/C27H37N3O6/c1-19(2)30(20(3)4)27(33)24-13-12-23(16-25(24)36-18-26(31)32)35-15-7-5-6-14-34-22-10-8-21(9-11-22)17-29-28/h8-13,16-17,19-20H,5-7,14-15,18,28H2,1-4H3,(H,31,32). The van der Waals surface area contributed by atoms with E-state index >= 15 is 0 Å². The van der Waals surface area contributed by atoms with E-state index in [2.05, 4.69) is 5.10 Å². The zero-order valence-corrected chi connectivity index (χ0v) is 21.5. The molecule has 0 atom stereocenters. The van der Waals surface area contributed by atoms with E-state index in [-0.39, 0.29) is 23.7 Å². The SMILES string of the molecule is CC(C)N(C(=O)c1ccc(OCCCCCOc2ccc(C=NN)cc2)cc1OCC(=O)O)C(C)C. The number of nitrogens with two attached hydrogens (primary N) is 1. The number of rotatable bonds is 15. The summed E-state index contributed by atoms with van der Waals surface area (Å²) in [6.45, 7) is 8.27. The molecule has 0 saturated heterocycles. The molecule has 0 aromatic heterocycles. The van der Waals surface area contributed by atoms with Crippen LogP contribution in [0.5, 0.6) is 17.2 Å². The van der Waals surface area contributed by atoms with Gasteiger partial charge >= 0.3 is 5.97 Å². The van der Waals surface area contributed by atoms with Gasteiger partial charge in [-0.25, -0.2) is 4.79 Å². The third kappa shape index (κ3) is 9.13. The second kappa shape index (κ2) is 14.6. The number of hydrogen-bond acceptors (Lipinski definition) is 7. The molecule has 0 heterocycles. The summed E-state index contributed by atoms with van der Waals surface area (Å²) in [4.78, 5) is 25.9. The maximum absolute atomic E-state index is 13.1. The Kier molecular flexibility index (Phi) is 11.6. The molecule has 9 heteroatoms. The van der Waals surface area contributed by atoms with Crippen LogP contribution in [0.25, 0.3) is 0 Å². The number of carbonyl (C=O) groups excluding carboxylic acids is 1. The molecule has 36 heavy (non-hydrogen) atoms. The van der Waals surface area contributed by atoms with Gasteiger partial charge in [0.1, 0.15) is 17.2 Å². The fourth-order valence-electron chi connectivity index (χ4n) is 3.73. The summed E-state index contributed by atoms with van der Waals surface area (Å²) in [6, 6.07) is 12.4. The number of carbonyl (C=O) groups is 2. The highest BCUT2D eigenvalue weighted by molar-refractivity contribution is 5.97. The van der Waals surface area contributed by atoms with Gasteiger partial charge in [-0.15, -0.1) is 0 Å². The van der Waals surface area contributed by atoms with Crippen molar-refractivity contribution in [2.75, 3.05) is 19.8 Å². The largest absolute Gasteiger partial charge is 0.494 e. The third-order valence-electron chi connectivity index (χ3n) is 5.31. The highest BCUT2D eigenvalue weighted by Gasteiger charge is 2.25. The van der Waals surface area contributed by atoms with Crippen LogP contribution in [0.2, 0.25) is 0 Å². The first kappa shape index (κ1) is 28.5. The summed E-state index contributed by atoms with van der Waals surface area (Å²) in [7, 11) is 0. The maximum atomic E-state index is 13.1. The van der Waals surface area contributed by atoms with Crippen molar-refractivity contribution in [1.29, 1.82) is 0 Å².